The molecule has 5 heteroatoms. The number of nitrogens with one attached hydrogen (secondary N) is 1. The molecule has 0 aliphatic carbocycles. The summed E-state index contributed by atoms with van der Waals surface area (Å²) in [5.41, 5.74) is 0.368. The third-order valence-electron chi connectivity index (χ3n) is 1.99. The lowest BCUT2D eigenvalue weighted by Crippen LogP contribution is -2.10. The van der Waals surface area contributed by atoms with Crippen LogP contribution in [-0.4, -0.2) is 4.98 Å². The molecule has 1 N–H and O–H groups in total. The number of fused-ring (bicyclic) bond motifs is 1. The summed E-state index contributed by atoms with van der Waals surface area (Å²) in [6.45, 7) is 1.82. The molecule has 72 valence electrons. The van der Waals surface area contributed by atoms with Gasteiger partial charge in [0, 0.05) is 11.5 Å². The third-order valence-corrected chi connectivity index (χ3v) is 3.24. The first-order valence-electron chi connectivity index (χ1n) is 3.92. The highest BCUT2D eigenvalue weighted by Crippen LogP contribution is 2.16. The van der Waals surface area contributed by atoms with E-state index in [0.29, 0.717) is 3.57 Å². The summed E-state index contributed by atoms with van der Waals surface area (Å²) >= 11 is 1.93. The van der Waals surface area contributed by atoms with Crippen LogP contribution >= 0.6 is 22.6 Å². The average molecular weight is 303 g/mol. The molecule has 0 amide bonds. The predicted octanol–water partition coefficient (Wildman–Crippen LogP) is 1.39. The zero-order valence-corrected chi connectivity index (χ0v) is 9.41. The van der Waals surface area contributed by atoms with E-state index in [1.807, 2.05) is 29.5 Å². The van der Waals surface area contributed by atoms with Crippen molar-refractivity contribution in [1.82, 2.24) is 4.98 Å². The van der Waals surface area contributed by atoms with Crippen LogP contribution < -0.4 is 11.2 Å². The molecule has 0 radical (unpaired) electrons. The van der Waals surface area contributed by atoms with Crippen LogP contribution in [0.1, 0.15) is 5.56 Å². The Balaban J connectivity index is 3.05. The number of rotatable bonds is 0. The molecule has 0 saturated heterocycles. The molecule has 2 heterocycles. The number of halogens is 1. The second kappa shape index (κ2) is 3.23. The lowest BCUT2D eigenvalue weighted by molar-refractivity contribution is 0.542. The minimum atomic E-state index is -0.419. The summed E-state index contributed by atoms with van der Waals surface area (Å²) < 4.78 is 5.48. The summed E-state index contributed by atoms with van der Waals surface area (Å²) in [5.74, 6) is 0. The van der Waals surface area contributed by atoms with Crippen molar-refractivity contribution >= 4 is 33.7 Å². The van der Waals surface area contributed by atoms with Gasteiger partial charge in [-0.1, -0.05) is 0 Å². The van der Waals surface area contributed by atoms with Gasteiger partial charge in [0.1, 0.15) is 3.57 Å². The summed E-state index contributed by atoms with van der Waals surface area (Å²) in [6, 6.07) is 3.06. The molecule has 0 unspecified atom stereocenters. The van der Waals surface area contributed by atoms with Crippen LogP contribution in [0.25, 0.3) is 11.1 Å². The smallest absolute Gasteiger partial charge is 0.351 e. The summed E-state index contributed by atoms with van der Waals surface area (Å²) in [7, 11) is 0. The topological polar surface area (TPSA) is 63.1 Å². The van der Waals surface area contributed by atoms with Gasteiger partial charge in [-0.2, -0.15) is 0 Å². The molecule has 2 rings (SSSR count). The van der Waals surface area contributed by atoms with E-state index in [2.05, 4.69) is 4.98 Å². The van der Waals surface area contributed by atoms with Gasteiger partial charge in [-0.15, -0.1) is 0 Å². The number of H-pyrrole nitrogens is 1. The van der Waals surface area contributed by atoms with Crippen LogP contribution in [0.5, 0.6) is 0 Å². The Labute approximate surface area is 92.1 Å². The Morgan fingerprint density at radius 2 is 2.07 bits per heavy atom. The van der Waals surface area contributed by atoms with E-state index in [9.17, 15) is 9.59 Å². The largest absolute Gasteiger partial charge is 0.405 e. The predicted molar refractivity (Wildman–Crippen MR) is 60.6 cm³/mol. The van der Waals surface area contributed by atoms with Gasteiger partial charge in [0.15, 0.2) is 0 Å². The first-order valence-corrected chi connectivity index (χ1v) is 4.99. The number of aryl methyl sites for hydroxylation is 1. The van der Waals surface area contributed by atoms with E-state index >= 15 is 0 Å². The lowest BCUT2D eigenvalue weighted by Gasteiger charge is -2.00. The first kappa shape index (κ1) is 9.45. The molecule has 0 atom stereocenters. The first-order chi connectivity index (χ1) is 6.59. The minimum absolute atomic E-state index is 0.236. The van der Waals surface area contributed by atoms with Crippen molar-refractivity contribution < 1.29 is 4.42 Å². The van der Waals surface area contributed by atoms with Crippen molar-refractivity contribution in [3.63, 3.8) is 0 Å². The lowest BCUT2D eigenvalue weighted by atomic mass is 10.2. The highest BCUT2D eigenvalue weighted by Gasteiger charge is 2.08. The fraction of sp³-hybridized carbons (Fsp3) is 0.111. The maximum atomic E-state index is 11.3. The average Bonchev–Trinajstić information content (AvgIpc) is 2.14. The Bertz CT molecular complexity index is 611. The Kier molecular flexibility index (Phi) is 2.18. The molecule has 0 aliphatic rings. The van der Waals surface area contributed by atoms with Crippen LogP contribution in [0.2, 0.25) is 0 Å². The maximum absolute atomic E-state index is 11.3. The van der Waals surface area contributed by atoms with Crippen LogP contribution in [0.3, 0.4) is 0 Å². The minimum Gasteiger partial charge on any atom is -0.405 e. The molecule has 0 bridgehead atoms. The van der Waals surface area contributed by atoms with Crippen molar-refractivity contribution in [3.8, 4) is 0 Å². The SMILES string of the molecule is Cc1c(I)c(=O)oc2[nH]c(=O)ccc12. The van der Waals surface area contributed by atoms with Crippen LogP contribution in [0, 0.1) is 10.5 Å². The van der Waals surface area contributed by atoms with Gasteiger partial charge in [-0.25, -0.2) is 4.79 Å². The van der Waals surface area contributed by atoms with Crippen LogP contribution in [-0.2, 0) is 0 Å². The zero-order valence-electron chi connectivity index (χ0n) is 7.26. The van der Waals surface area contributed by atoms with E-state index in [4.69, 9.17) is 4.42 Å². The Morgan fingerprint density at radius 1 is 1.36 bits per heavy atom. The zero-order chi connectivity index (χ0) is 10.3. The number of hydrogen-bond donors (Lipinski definition) is 1. The van der Waals surface area contributed by atoms with Crippen molar-refractivity contribution in [1.29, 1.82) is 0 Å². The van der Waals surface area contributed by atoms with E-state index in [0.717, 1.165) is 10.9 Å². The van der Waals surface area contributed by atoms with Crippen LogP contribution in [0.15, 0.2) is 26.1 Å². The van der Waals surface area contributed by atoms with Gasteiger partial charge in [-0.05, 0) is 41.1 Å². The van der Waals surface area contributed by atoms with Gasteiger partial charge >= 0.3 is 5.63 Å². The quantitative estimate of drug-likeness (QED) is 0.748. The van der Waals surface area contributed by atoms with Gasteiger partial charge in [-0.3, -0.25) is 9.78 Å². The number of pyridine rings is 1. The standard InChI is InChI=1S/C9H6INO3/c1-4-5-2-3-6(12)11-8(5)14-9(13)7(4)10/h2-3H,1H3,(H,11,12). The molecule has 2 aromatic heterocycles. The molecule has 0 spiro atoms. The number of aromatic nitrogens is 1. The van der Waals surface area contributed by atoms with E-state index < -0.39 is 5.63 Å². The van der Waals surface area contributed by atoms with E-state index in [1.54, 1.807) is 6.07 Å². The molecule has 0 saturated carbocycles. The molecule has 4 nitrogen and oxygen atoms in total. The van der Waals surface area contributed by atoms with Gasteiger partial charge in [0.2, 0.25) is 5.71 Å². The molecule has 0 fully saturated rings. The van der Waals surface area contributed by atoms with E-state index in [-0.39, 0.29) is 11.3 Å². The van der Waals surface area contributed by atoms with Gasteiger partial charge in [0.25, 0.3) is 5.56 Å². The van der Waals surface area contributed by atoms with Crippen molar-refractivity contribution in [3.05, 3.63) is 42.0 Å². The fourth-order valence-electron chi connectivity index (χ4n) is 1.24. The summed E-state index contributed by atoms with van der Waals surface area (Å²) in [6.07, 6.45) is 0. The fourth-order valence-corrected chi connectivity index (χ4v) is 1.64. The Morgan fingerprint density at radius 3 is 2.79 bits per heavy atom. The molecule has 0 aliphatic heterocycles. The van der Waals surface area contributed by atoms with Crippen molar-refractivity contribution in [2.24, 2.45) is 0 Å². The number of hydrogen-bond acceptors (Lipinski definition) is 3. The second-order valence-corrected chi connectivity index (χ2v) is 3.97. The van der Waals surface area contributed by atoms with Crippen molar-refractivity contribution in [2.75, 3.05) is 0 Å². The van der Waals surface area contributed by atoms with Gasteiger partial charge < -0.3 is 4.42 Å². The van der Waals surface area contributed by atoms with Gasteiger partial charge in [0.05, 0.1) is 0 Å². The van der Waals surface area contributed by atoms with Crippen LogP contribution in [0.4, 0.5) is 0 Å². The summed E-state index contributed by atoms with van der Waals surface area (Å²) in [5, 5.41) is 0.758. The highest BCUT2D eigenvalue weighted by molar-refractivity contribution is 14.1. The molecular formula is C9H6INO3. The highest BCUT2D eigenvalue weighted by atomic mass is 127. The second-order valence-electron chi connectivity index (χ2n) is 2.89. The summed E-state index contributed by atoms with van der Waals surface area (Å²) in [4.78, 5) is 24.7. The molecule has 0 aromatic carbocycles. The Hall–Kier alpha value is -1.11. The molecule has 14 heavy (non-hydrogen) atoms. The maximum Gasteiger partial charge on any atom is 0.351 e. The van der Waals surface area contributed by atoms with E-state index in [1.165, 1.54) is 6.07 Å². The molecular weight excluding hydrogens is 297 g/mol. The van der Waals surface area contributed by atoms with Crippen molar-refractivity contribution in [2.45, 2.75) is 6.92 Å². The normalized spacial score (nSPS) is 10.7. The molecule has 2 aromatic rings. The monoisotopic (exact) mass is 303 g/mol. The third kappa shape index (κ3) is 1.37. The number of aromatic amines is 1.